The van der Waals surface area contributed by atoms with Gasteiger partial charge in [0.1, 0.15) is 12.1 Å². The zero-order valence-corrected chi connectivity index (χ0v) is 18.9. The molecule has 2 aliphatic heterocycles. The summed E-state index contributed by atoms with van der Waals surface area (Å²) in [6, 6.07) is -1.79. The second-order valence-corrected chi connectivity index (χ2v) is 7.87. The predicted octanol–water partition coefficient (Wildman–Crippen LogP) is -0.809. The first-order valence-electron chi connectivity index (χ1n) is 11.3. The van der Waals surface area contributed by atoms with Gasteiger partial charge in [-0.25, -0.2) is 0 Å². The minimum absolute atomic E-state index is 0.145. The van der Waals surface area contributed by atoms with Crippen molar-refractivity contribution in [3.63, 3.8) is 0 Å². The summed E-state index contributed by atoms with van der Waals surface area (Å²) < 4.78 is 10.2. The van der Waals surface area contributed by atoms with Gasteiger partial charge in [-0.2, -0.15) is 0 Å². The van der Waals surface area contributed by atoms with E-state index < -0.39 is 29.9 Å². The molecule has 2 aliphatic rings. The number of hydrogen-bond donors (Lipinski definition) is 2. The number of carbonyl (C=O) groups excluding carboxylic acids is 5. The average Bonchev–Trinajstić information content (AvgIpc) is 2.76. The number of nitrogens with one attached hydrogen (secondary N) is 2. The van der Waals surface area contributed by atoms with Gasteiger partial charge in [-0.1, -0.05) is 20.3 Å². The maximum atomic E-state index is 13.1. The summed E-state index contributed by atoms with van der Waals surface area (Å²) in [6.45, 7) is 5.50. The van der Waals surface area contributed by atoms with E-state index in [1.807, 2.05) is 13.8 Å². The van der Waals surface area contributed by atoms with Crippen LogP contribution in [0, 0.1) is 0 Å². The second-order valence-electron chi connectivity index (χ2n) is 7.87. The third kappa shape index (κ3) is 7.47. The predicted molar refractivity (Wildman–Crippen MR) is 113 cm³/mol. The molecule has 180 valence electrons. The molecule has 0 saturated carbocycles. The molecule has 2 unspecified atom stereocenters. The Morgan fingerprint density at radius 2 is 1.47 bits per heavy atom. The zero-order valence-electron chi connectivity index (χ0n) is 18.9. The Morgan fingerprint density at radius 3 is 2.12 bits per heavy atom. The largest absolute Gasteiger partial charge is 0.466 e. The van der Waals surface area contributed by atoms with Gasteiger partial charge < -0.3 is 25.0 Å². The fraction of sp³-hybridized carbons (Fsp3) is 0.762. The van der Waals surface area contributed by atoms with Gasteiger partial charge in [-0.3, -0.25) is 28.9 Å². The molecule has 0 bridgehead atoms. The summed E-state index contributed by atoms with van der Waals surface area (Å²) in [4.78, 5) is 65.0. The number of esters is 2. The molecule has 2 saturated heterocycles. The molecule has 2 rings (SSSR count). The van der Waals surface area contributed by atoms with Crippen molar-refractivity contribution in [2.75, 3.05) is 45.9 Å². The number of rotatable bonds is 11. The van der Waals surface area contributed by atoms with Crippen LogP contribution in [-0.2, 0) is 33.4 Å². The van der Waals surface area contributed by atoms with Crippen LogP contribution in [0.3, 0.4) is 0 Å². The first-order valence-corrected chi connectivity index (χ1v) is 11.3. The maximum Gasteiger partial charge on any atom is 0.308 e. The van der Waals surface area contributed by atoms with Crippen LogP contribution in [-0.4, -0.2) is 97.5 Å². The van der Waals surface area contributed by atoms with Gasteiger partial charge in [-0.15, -0.1) is 0 Å². The van der Waals surface area contributed by atoms with Crippen molar-refractivity contribution in [3.05, 3.63) is 0 Å². The van der Waals surface area contributed by atoms with Gasteiger partial charge in [0.25, 0.3) is 0 Å². The highest BCUT2D eigenvalue weighted by molar-refractivity contribution is 5.93. The highest BCUT2D eigenvalue weighted by Gasteiger charge is 2.38. The lowest BCUT2D eigenvalue weighted by Crippen LogP contribution is -2.62. The average molecular weight is 455 g/mol. The van der Waals surface area contributed by atoms with Crippen LogP contribution < -0.4 is 10.6 Å². The number of piperazine rings is 2. The summed E-state index contributed by atoms with van der Waals surface area (Å²) >= 11 is 0. The molecular formula is C21H34N4O7. The SMILES string of the molecule is CCCCOC(=O)CC1C(=O)NCCN1C(=O)CN1CCNC(=O)C1CC(=O)OCCC. The third-order valence-corrected chi connectivity index (χ3v) is 5.38. The lowest BCUT2D eigenvalue weighted by atomic mass is 10.1. The van der Waals surface area contributed by atoms with E-state index >= 15 is 0 Å². The van der Waals surface area contributed by atoms with Crippen molar-refractivity contribution < 1.29 is 33.4 Å². The van der Waals surface area contributed by atoms with Crippen molar-refractivity contribution in [2.45, 2.75) is 58.0 Å². The van der Waals surface area contributed by atoms with Gasteiger partial charge in [0.2, 0.25) is 17.7 Å². The molecule has 0 spiro atoms. The smallest absolute Gasteiger partial charge is 0.308 e. The van der Waals surface area contributed by atoms with Gasteiger partial charge in [0.15, 0.2) is 0 Å². The van der Waals surface area contributed by atoms with Crippen LogP contribution in [0.5, 0.6) is 0 Å². The van der Waals surface area contributed by atoms with E-state index in [0.717, 1.165) is 12.8 Å². The van der Waals surface area contributed by atoms with E-state index in [0.29, 0.717) is 19.5 Å². The number of ether oxygens (including phenoxy) is 2. The van der Waals surface area contributed by atoms with Crippen LogP contribution in [0.25, 0.3) is 0 Å². The molecule has 11 nitrogen and oxygen atoms in total. The van der Waals surface area contributed by atoms with Crippen molar-refractivity contribution in [2.24, 2.45) is 0 Å². The summed E-state index contributed by atoms with van der Waals surface area (Å²) in [7, 11) is 0. The van der Waals surface area contributed by atoms with Crippen LogP contribution in [0.15, 0.2) is 0 Å². The van der Waals surface area contributed by atoms with Crippen LogP contribution in [0.2, 0.25) is 0 Å². The minimum atomic E-state index is -0.961. The fourth-order valence-electron chi connectivity index (χ4n) is 3.63. The Morgan fingerprint density at radius 1 is 0.875 bits per heavy atom. The molecule has 2 heterocycles. The Balaban J connectivity index is 2.02. The number of nitrogens with zero attached hydrogens (tertiary/aromatic N) is 2. The van der Waals surface area contributed by atoms with E-state index in [9.17, 15) is 24.0 Å². The lowest BCUT2D eigenvalue weighted by Gasteiger charge is -2.38. The first-order chi connectivity index (χ1) is 15.4. The van der Waals surface area contributed by atoms with Crippen LogP contribution in [0.1, 0.15) is 46.0 Å². The van der Waals surface area contributed by atoms with Crippen LogP contribution >= 0.6 is 0 Å². The highest BCUT2D eigenvalue weighted by Crippen LogP contribution is 2.15. The Labute approximate surface area is 188 Å². The van der Waals surface area contributed by atoms with Gasteiger partial charge in [0, 0.05) is 26.2 Å². The van der Waals surface area contributed by atoms with E-state index in [4.69, 9.17) is 9.47 Å². The molecule has 0 radical (unpaired) electrons. The molecule has 2 N–H and O–H groups in total. The standard InChI is InChI=1S/C21H34N4O7/c1-3-5-11-32-19(28)13-16-21(30)23-7-9-25(16)17(26)14-24-8-6-22-20(29)15(24)12-18(27)31-10-4-2/h15-16H,3-14H2,1-2H3,(H,22,29)(H,23,30). The summed E-state index contributed by atoms with van der Waals surface area (Å²) in [5, 5.41) is 5.38. The van der Waals surface area contributed by atoms with E-state index in [1.165, 1.54) is 4.90 Å². The fourth-order valence-corrected chi connectivity index (χ4v) is 3.63. The topological polar surface area (TPSA) is 134 Å². The Hall–Kier alpha value is -2.69. The number of unbranched alkanes of at least 4 members (excludes halogenated alkanes) is 1. The van der Waals surface area contributed by atoms with Crippen molar-refractivity contribution in [1.29, 1.82) is 0 Å². The molecule has 32 heavy (non-hydrogen) atoms. The molecule has 0 aromatic heterocycles. The van der Waals surface area contributed by atoms with E-state index in [1.54, 1.807) is 4.90 Å². The van der Waals surface area contributed by atoms with Crippen molar-refractivity contribution in [1.82, 2.24) is 20.4 Å². The lowest BCUT2D eigenvalue weighted by molar-refractivity contribution is -0.154. The Kier molecular flexibility index (Phi) is 10.4. The first kappa shape index (κ1) is 25.6. The number of amides is 3. The van der Waals surface area contributed by atoms with E-state index in [-0.39, 0.29) is 57.5 Å². The third-order valence-electron chi connectivity index (χ3n) is 5.38. The maximum absolute atomic E-state index is 13.1. The molecule has 2 atom stereocenters. The molecule has 0 aliphatic carbocycles. The van der Waals surface area contributed by atoms with E-state index in [2.05, 4.69) is 10.6 Å². The molecule has 0 aromatic rings. The van der Waals surface area contributed by atoms with Crippen molar-refractivity contribution >= 4 is 29.7 Å². The normalized spacial score (nSPS) is 21.5. The van der Waals surface area contributed by atoms with Crippen LogP contribution in [0.4, 0.5) is 0 Å². The summed E-state index contributed by atoms with van der Waals surface area (Å²) in [5.74, 6) is -2.17. The quantitative estimate of drug-likeness (QED) is 0.306. The monoisotopic (exact) mass is 454 g/mol. The van der Waals surface area contributed by atoms with Gasteiger partial charge >= 0.3 is 11.9 Å². The molecule has 0 aromatic carbocycles. The summed E-state index contributed by atoms with van der Waals surface area (Å²) in [5.41, 5.74) is 0. The second kappa shape index (κ2) is 13.0. The van der Waals surface area contributed by atoms with Gasteiger partial charge in [-0.05, 0) is 12.8 Å². The molecular weight excluding hydrogens is 420 g/mol. The van der Waals surface area contributed by atoms with Gasteiger partial charge in [0.05, 0.1) is 32.6 Å². The number of hydrogen-bond acceptors (Lipinski definition) is 8. The minimum Gasteiger partial charge on any atom is -0.466 e. The highest BCUT2D eigenvalue weighted by atomic mass is 16.5. The summed E-state index contributed by atoms with van der Waals surface area (Å²) in [6.07, 6.45) is 1.88. The Bertz CT molecular complexity index is 700. The molecule has 2 fully saturated rings. The molecule has 11 heteroatoms. The van der Waals surface area contributed by atoms with Crippen molar-refractivity contribution in [3.8, 4) is 0 Å². The molecule has 3 amide bonds. The zero-order chi connectivity index (χ0) is 23.5. The number of carbonyl (C=O) groups is 5.